The second-order valence-electron chi connectivity index (χ2n) is 5.20. The first kappa shape index (κ1) is 15.3. The van der Waals surface area contributed by atoms with Crippen molar-refractivity contribution in [2.45, 2.75) is 12.5 Å². The van der Waals surface area contributed by atoms with Crippen molar-refractivity contribution in [3.63, 3.8) is 0 Å². The standard InChI is InChI=1S/C16H18Cl2N2S/c17-13-5-1-4-12(15(13)18)16(14-6-2-11-21-14)20-9-3-7-19-8-10-20/h1-2,4-6,11,16,19H,3,7-10H2. The second-order valence-corrected chi connectivity index (χ2v) is 6.96. The van der Waals surface area contributed by atoms with Gasteiger partial charge in [-0.25, -0.2) is 0 Å². The first-order chi connectivity index (χ1) is 10.3. The first-order valence-electron chi connectivity index (χ1n) is 7.19. The van der Waals surface area contributed by atoms with Crippen molar-refractivity contribution in [3.05, 3.63) is 56.2 Å². The maximum absolute atomic E-state index is 6.50. The lowest BCUT2D eigenvalue weighted by Gasteiger charge is -2.31. The molecule has 1 N–H and O–H groups in total. The molecule has 2 heterocycles. The van der Waals surface area contributed by atoms with Gasteiger partial charge in [-0.1, -0.05) is 41.4 Å². The molecule has 0 saturated carbocycles. The lowest BCUT2D eigenvalue weighted by atomic mass is 10.0. The van der Waals surface area contributed by atoms with Gasteiger partial charge in [-0.05, 0) is 36.0 Å². The Morgan fingerprint density at radius 3 is 2.81 bits per heavy atom. The summed E-state index contributed by atoms with van der Waals surface area (Å²) in [4.78, 5) is 3.82. The highest BCUT2D eigenvalue weighted by Gasteiger charge is 2.26. The van der Waals surface area contributed by atoms with Crippen LogP contribution in [-0.4, -0.2) is 31.1 Å². The van der Waals surface area contributed by atoms with E-state index in [9.17, 15) is 0 Å². The summed E-state index contributed by atoms with van der Waals surface area (Å²) in [6.45, 7) is 4.18. The molecule has 1 fully saturated rings. The molecule has 1 aromatic heterocycles. The van der Waals surface area contributed by atoms with E-state index < -0.39 is 0 Å². The molecule has 1 aromatic carbocycles. The van der Waals surface area contributed by atoms with Crippen LogP contribution in [0.4, 0.5) is 0 Å². The van der Waals surface area contributed by atoms with Crippen LogP contribution in [0.15, 0.2) is 35.7 Å². The molecule has 2 nitrogen and oxygen atoms in total. The minimum Gasteiger partial charge on any atom is -0.315 e. The van der Waals surface area contributed by atoms with Crippen molar-refractivity contribution < 1.29 is 0 Å². The minimum atomic E-state index is 0.191. The fourth-order valence-corrected chi connectivity index (χ4v) is 4.12. The van der Waals surface area contributed by atoms with Gasteiger partial charge in [0.15, 0.2) is 0 Å². The highest BCUT2D eigenvalue weighted by molar-refractivity contribution is 7.10. The number of halogens is 2. The Balaban J connectivity index is 2.01. The maximum Gasteiger partial charge on any atom is 0.0711 e. The number of hydrogen-bond acceptors (Lipinski definition) is 3. The van der Waals surface area contributed by atoms with Crippen molar-refractivity contribution in [1.82, 2.24) is 10.2 Å². The van der Waals surface area contributed by atoms with E-state index >= 15 is 0 Å². The Labute approximate surface area is 139 Å². The average Bonchev–Trinajstić information content (AvgIpc) is 2.87. The van der Waals surface area contributed by atoms with Crippen LogP contribution >= 0.6 is 34.5 Å². The van der Waals surface area contributed by atoms with Crippen LogP contribution in [0.1, 0.15) is 22.9 Å². The van der Waals surface area contributed by atoms with Crippen LogP contribution in [0, 0.1) is 0 Å². The van der Waals surface area contributed by atoms with Gasteiger partial charge < -0.3 is 5.32 Å². The number of nitrogens with one attached hydrogen (secondary N) is 1. The van der Waals surface area contributed by atoms with Gasteiger partial charge in [-0.2, -0.15) is 0 Å². The highest BCUT2D eigenvalue weighted by Crippen LogP contribution is 2.38. The predicted octanol–water partition coefficient (Wildman–Crippen LogP) is 4.44. The van der Waals surface area contributed by atoms with Gasteiger partial charge in [-0.15, -0.1) is 11.3 Å². The zero-order valence-electron chi connectivity index (χ0n) is 11.7. The Kier molecular flexibility index (Phi) is 5.19. The number of nitrogens with zero attached hydrogens (tertiary/aromatic N) is 1. The molecule has 1 atom stereocenters. The van der Waals surface area contributed by atoms with Crippen LogP contribution in [0.25, 0.3) is 0 Å². The van der Waals surface area contributed by atoms with Crippen LogP contribution in [0.5, 0.6) is 0 Å². The molecule has 0 radical (unpaired) electrons. The van der Waals surface area contributed by atoms with E-state index in [2.05, 4.69) is 33.8 Å². The molecule has 112 valence electrons. The molecule has 1 saturated heterocycles. The fourth-order valence-electron chi connectivity index (χ4n) is 2.83. The molecule has 5 heteroatoms. The van der Waals surface area contributed by atoms with Gasteiger partial charge in [0.05, 0.1) is 16.1 Å². The zero-order valence-corrected chi connectivity index (χ0v) is 14.0. The second kappa shape index (κ2) is 7.12. The molecular weight excluding hydrogens is 323 g/mol. The molecule has 0 aliphatic carbocycles. The topological polar surface area (TPSA) is 15.3 Å². The predicted molar refractivity (Wildman–Crippen MR) is 91.7 cm³/mol. The number of rotatable bonds is 3. The quantitative estimate of drug-likeness (QED) is 0.888. The van der Waals surface area contributed by atoms with E-state index in [1.165, 1.54) is 4.88 Å². The van der Waals surface area contributed by atoms with Gasteiger partial charge >= 0.3 is 0 Å². The number of benzene rings is 1. The van der Waals surface area contributed by atoms with E-state index in [4.69, 9.17) is 23.2 Å². The van der Waals surface area contributed by atoms with E-state index in [0.717, 1.165) is 38.2 Å². The molecule has 0 bridgehead atoms. The number of thiophene rings is 1. The smallest absolute Gasteiger partial charge is 0.0711 e. The molecule has 2 aromatic rings. The first-order valence-corrected chi connectivity index (χ1v) is 8.83. The zero-order chi connectivity index (χ0) is 14.7. The van der Waals surface area contributed by atoms with Crippen LogP contribution < -0.4 is 5.32 Å². The molecule has 1 aliphatic rings. The SMILES string of the molecule is Clc1cccc(C(c2cccs2)N2CCCNCC2)c1Cl. The Hall–Kier alpha value is -0.580. The molecule has 0 spiro atoms. The lowest BCUT2D eigenvalue weighted by Crippen LogP contribution is -2.32. The van der Waals surface area contributed by atoms with Crippen molar-refractivity contribution in [2.24, 2.45) is 0 Å². The summed E-state index contributed by atoms with van der Waals surface area (Å²) < 4.78 is 0. The highest BCUT2D eigenvalue weighted by atomic mass is 35.5. The Morgan fingerprint density at radius 1 is 1.10 bits per heavy atom. The normalized spacial score (nSPS) is 18.4. The van der Waals surface area contributed by atoms with Gasteiger partial charge in [0.1, 0.15) is 0 Å². The third-order valence-corrected chi connectivity index (χ3v) is 5.59. The fraction of sp³-hybridized carbons (Fsp3) is 0.375. The van der Waals surface area contributed by atoms with Gasteiger partial charge in [-0.3, -0.25) is 4.90 Å². The third-order valence-electron chi connectivity index (χ3n) is 3.83. The summed E-state index contributed by atoms with van der Waals surface area (Å²) in [5.41, 5.74) is 1.11. The summed E-state index contributed by atoms with van der Waals surface area (Å²) in [6, 6.07) is 10.4. The molecule has 1 unspecified atom stereocenters. The Bertz CT molecular complexity index is 578. The molecule has 21 heavy (non-hydrogen) atoms. The van der Waals surface area contributed by atoms with Crippen molar-refractivity contribution in [3.8, 4) is 0 Å². The van der Waals surface area contributed by atoms with Crippen LogP contribution in [-0.2, 0) is 0 Å². The monoisotopic (exact) mass is 340 g/mol. The van der Waals surface area contributed by atoms with Crippen LogP contribution in [0.2, 0.25) is 10.0 Å². The largest absolute Gasteiger partial charge is 0.315 e. The van der Waals surface area contributed by atoms with Crippen molar-refractivity contribution in [2.75, 3.05) is 26.2 Å². The molecule has 0 amide bonds. The summed E-state index contributed by atoms with van der Waals surface area (Å²) in [5, 5.41) is 6.88. The Morgan fingerprint density at radius 2 is 2.00 bits per heavy atom. The molecule has 3 rings (SSSR count). The number of hydrogen-bond donors (Lipinski definition) is 1. The summed E-state index contributed by atoms with van der Waals surface area (Å²) >= 11 is 14.5. The van der Waals surface area contributed by atoms with Crippen molar-refractivity contribution >= 4 is 34.5 Å². The van der Waals surface area contributed by atoms with E-state index in [1.807, 2.05) is 12.1 Å². The lowest BCUT2D eigenvalue weighted by molar-refractivity contribution is 0.244. The summed E-state index contributed by atoms with van der Waals surface area (Å²) in [5.74, 6) is 0. The van der Waals surface area contributed by atoms with Gasteiger partial charge in [0.25, 0.3) is 0 Å². The van der Waals surface area contributed by atoms with Gasteiger partial charge in [0.2, 0.25) is 0 Å². The maximum atomic E-state index is 6.50. The third kappa shape index (κ3) is 3.43. The van der Waals surface area contributed by atoms with Crippen molar-refractivity contribution in [1.29, 1.82) is 0 Å². The molecule has 1 aliphatic heterocycles. The summed E-state index contributed by atoms with van der Waals surface area (Å²) in [6.07, 6.45) is 1.15. The van der Waals surface area contributed by atoms with E-state index in [0.29, 0.717) is 10.0 Å². The summed E-state index contributed by atoms with van der Waals surface area (Å²) in [7, 11) is 0. The van der Waals surface area contributed by atoms with Crippen LogP contribution in [0.3, 0.4) is 0 Å². The van der Waals surface area contributed by atoms with E-state index in [-0.39, 0.29) is 6.04 Å². The molecular formula is C16H18Cl2N2S. The van der Waals surface area contributed by atoms with Gasteiger partial charge in [0, 0.05) is 24.5 Å². The average molecular weight is 341 g/mol. The van der Waals surface area contributed by atoms with E-state index in [1.54, 1.807) is 11.3 Å². The minimum absolute atomic E-state index is 0.191.